The van der Waals surface area contributed by atoms with Crippen molar-refractivity contribution < 1.29 is 0 Å². The Morgan fingerprint density at radius 1 is 1.31 bits per heavy atom. The molecule has 1 aliphatic rings. The van der Waals surface area contributed by atoms with Gasteiger partial charge < -0.3 is 0 Å². The van der Waals surface area contributed by atoms with Crippen LogP contribution in [0.15, 0.2) is 0 Å². The van der Waals surface area contributed by atoms with E-state index in [0.29, 0.717) is 10.8 Å². The van der Waals surface area contributed by atoms with Crippen molar-refractivity contribution >= 4 is 12.6 Å². The highest BCUT2D eigenvalue weighted by Crippen LogP contribution is 2.66. The third kappa shape index (κ3) is 2.30. The minimum absolute atomic E-state index is 0.209. The Morgan fingerprint density at radius 3 is 2.19 bits per heavy atom. The van der Waals surface area contributed by atoms with Gasteiger partial charge in [-0.1, -0.05) is 48.0 Å². The van der Waals surface area contributed by atoms with Gasteiger partial charge in [0.15, 0.2) is 0 Å². The molecule has 0 aromatic carbocycles. The molecular formula is C15H30S. The van der Waals surface area contributed by atoms with E-state index in [4.69, 9.17) is 12.6 Å². The predicted octanol–water partition coefficient (Wildman–Crippen LogP) is 5.33. The van der Waals surface area contributed by atoms with Crippen molar-refractivity contribution in [2.24, 2.45) is 16.7 Å². The summed E-state index contributed by atoms with van der Waals surface area (Å²) in [5.74, 6) is 0.875. The van der Waals surface area contributed by atoms with Gasteiger partial charge in [-0.15, -0.1) is 0 Å². The second-order valence-corrected chi connectivity index (χ2v) is 8.00. The maximum atomic E-state index is 4.88. The first-order chi connectivity index (χ1) is 7.21. The fourth-order valence-corrected chi connectivity index (χ4v) is 4.32. The van der Waals surface area contributed by atoms with Gasteiger partial charge >= 0.3 is 0 Å². The first-order valence-corrected chi connectivity index (χ1v) is 7.38. The highest BCUT2D eigenvalue weighted by molar-refractivity contribution is 7.81. The molecule has 0 heterocycles. The zero-order chi connectivity index (χ0) is 12.6. The zero-order valence-electron chi connectivity index (χ0n) is 12.1. The minimum Gasteiger partial charge on any atom is -0.173 e. The lowest BCUT2D eigenvalue weighted by atomic mass is 9.42. The van der Waals surface area contributed by atoms with E-state index < -0.39 is 0 Å². The maximum Gasteiger partial charge on any atom is 0.0104 e. The lowest BCUT2D eigenvalue weighted by Gasteiger charge is -2.64. The van der Waals surface area contributed by atoms with Crippen molar-refractivity contribution in [2.75, 3.05) is 0 Å². The molecule has 3 unspecified atom stereocenters. The molecule has 0 N–H and O–H groups in total. The molecule has 0 aromatic rings. The summed E-state index contributed by atoms with van der Waals surface area (Å²) in [5.41, 5.74) is 1.05. The first-order valence-electron chi connectivity index (χ1n) is 6.93. The van der Waals surface area contributed by atoms with Gasteiger partial charge in [0, 0.05) is 4.75 Å². The van der Waals surface area contributed by atoms with Crippen LogP contribution in [0.5, 0.6) is 0 Å². The van der Waals surface area contributed by atoms with Crippen molar-refractivity contribution in [2.45, 2.75) is 78.4 Å². The summed E-state index contributed by atoms with van der Waals surface area (Å²) in [6.45, 7) is 14.3. The van der Waals surface area contributed by atoms with E-state index in [1.165, 1.54) is 32.1 Å². The molecule has 1 aliphatic carbocycles. The molecule has 3 atom stereocenters. The minimum atomic E-state index is 0.209. The summed E-state index contributed by atoms with van der Waals surface area (Å²) >= 11 is 4.88. The van der Waals surface area contributed by atoms with E-state index in [1.807, 2.05) is 0 Å². The summed E-state index contributed by atoms with van der Waals surface area (Å²) in [5, 5.41) is 0. The molecule has 0 nitrogen and oxygen atoms in total. The van der Waals surface area contributed by atoms with Crippen LogP contribution >= 0.6 is 12.6 Å². The lowest BCUT2D eigenvalue weighted by molar-refractivity contribution is -0.132. The summed E-state index contributed by atoms with van der Waals surface area (Å²) in [4.78, 5) is 0. The third-order valence-electron chi connectivity index (χ3n) is 5.26. The van der Waals surface area contributed by atoms with Crippen molar-refractivity contribution in [1.29, 1.82) is 0 Å². The van der Waals surface area contributed by atoms with Crippen molar-refractivity contribution in [1.82, 2.24) is 0 Å². The van der Waals surface area contributed by atoms with Crippen LogP contribution in [0, 0.1) is 16.7 Å². The van der Waals surface area contributed by atoms with Crippen molar-refractivity contribution in [3.8, 4) is 0 Å². The number of thiol groups is 1. The Hall–Kier alpha value is 0.350. The Bertz CT molecular complexity index is 242. The molecule has 16 heavy (non-hydrogen) atoms. The average molecular weight is 242 g/mol. The van der Waals surface area contributed by atoms with Crippen LogP contribution < -0.4 is 0 Å². The second-order valence-electron chi connectivity index (χ2n) is 6.92. The second kappa shape index (κ2) is 4.55. The SMILES string of the molecule is CCCC1(CC(C)(S)CC)C(C)CC1(C)C. The number of rotatable bonds is 5. The smallest absolute Gasteiger partial charge is 0.0104 e. The molecule has 0 aliphatic heterocycles. The number of hydrogen-bond acceptors (Lipinski definition) is 1. The molecule has 0 amide bonds. The van der Waals surface area contributed by atoms with Crippen molar-refractivity contribution in [3.63, 3.8) is 0 Å². The lowest BCUT2D eigenvalue weighted by Crippen LogP contribution is -2.56. The van der Waals surface area contributed by atoms with Crippen LogP contribution in [0.4, 0.5) is 0 Å². The Balaban J connectivity index is 2.89. The maximum absolute atomic E-state index is 4.88. The quantitative estimate of drug-likeness (QED) is 0.619. The summed E-state index contributed by atoms with van der Waals surface area (Å²) in [7, 11) is 0. The highest BCUT2D eigenvalue weighted by atomic mass is 32.1. The molecule has 0 bridgehead atoms. The van der Waals surface area contributed by atoms with Gasteiger partial charge in [0.1, 0.15) is 0 Å². The third-order valence-corrected chi connectivity index (χ3v) is 5.74. The van der Waals surface area contributed by atoms with Crippen LogP contribution in [0.1, 0.15) is 73.6 Å². The molecule has 0 saturated heterocycles. The zero-order valence-corrected chi connectivity index (χ0v) is 13.0. The van der Waals surface area contributed by atoms with Gasteiger partial charge in [0.25, 0.3) is 0 Å². The van der Waals surface area contributed by atoms with E-state index in [0.717, 1.165) is 5.92 Å². The normalized spacial score (nSPS) is 36.6. The largest absolute Gasteiger partial charge is 0.173 e. The van der Waals surface area contributed by atoms with E-state index in [9.17, 15) is 0 Å². The Labute approximate surface area is 108 Å². The van der Waals surface area contributed by atoms with Crippen LogP contribution in [-0.4, -0.2) is 4.75 Å². The van der Waals surface area contributed by atoms with Gasteiger partial charge in [-0.25, -0.2) is 0 Å². The predicted molar refractivity (Wildman–Crippen MR) is 77.2 cm³/mol. The molecule has 96 valence electrons. The average Bonchev–Trinajstić information content (AvgIpc) is 2.16. The molecule has 1 rings (SSSR count). The van der Waals surface area contributed by atoms with Gasteiger partial charge in [-0.3, -0.25) is 0 Å². The van der Waals surface area contributed by atoms with E-state index in [2.05, 4.69) is 41.5 Å². The fraction of sp³-hybridized carbons (Fsp3) is 1.00. The summed E-state index contributed by atoms with van der Waals surface area (Å²) in [6, 6.07) is 0. The van der Waals surface area contributed by atoms with E-state index in [1.54, 1.807) is 0 Å². The molecule has 0 spiro atoms. The molecule has 1 saturated carbocycles. The summed E-state index contributed by atoms with van der Waals surface area (Å²) in [6.07, 6.45) is 6.52. The molecule has 1 fully saturated rings. The number of hydrogen-bond donors (Lipinski definition) is 1. The van der Waals surface area contributed by atoms with Crippen LogP contribution in [0.3, 0.4) is 0 Å². The van der Waals surface area contributed by atoms with Crippen molar-refractivity contribution in [3.05, 3.63) is 0 Å². The topological polar surface area (TPSA) is 0 Å². The first kappa shape index (κ1) is 14.4. The monoisotopic (exact) mass is 242 g/mol. The van der Waals surface area contributed by atoms with Gasteiger partial charge in [0.05, 0.1) is 0 Å². The van der Waals surface area contributed by atoms with Gasteiger partial charge in [-0.2, -0.15) is 12.6 Å². The molecular weight excluding hydrogens is 212 g/mol. The van der Waals surface area contributed by atoms with E-state index in [-0.39, 0.29) is 4.75 Å². The van der Waals surface area contributed by atoms with Crippen LogP contribution in [0.25, 0.3) is 0 Å². The fourth-order valence-electron chi connectivity index (χ4n) is 4.04. The Kier molecular flexibility index (Phi) is 4.10. The highest BCUT2D eigenvalue weighted by Gasteiger charge is 2.58. The van der Waals surface area contributed by atoms with Crippen LogP contribution in [0.2, 0.25) is 0 Å². The van der Waals surface area contributed by atoms with Gasteiger partial charge in [0.2, 0.25) is 0 Å². The van der Waals surface area contributed by atoms with Gasteiger partial charge in [-0.05, 0) is 42.4 Å². The van der Waals surface area contributed by atoms with Crippen LogP contribution in [-0.2, 0) is 0 Å². The summed E-state index contributed by atoms with van der Waals surface area (Å²) < 4.78 is 0.209. The Morgan fingerprint density at radius 2 is 1.88 bits per heavy atom. The molecule has 0 aromatic heterocycles. The molecule has 0 radical (unpaired) electrons. The standard InChI is InChI=1S/C15H30S/c1-7-9-15(11-14(6,16)8-2)12(3)10-13(15,4)5/h12,16H,7-11H2,1-6H3. The van der Waals surface area contributed by atoms with E-state index >= 15 is 0 Å². The molecule has 1 heteroatoms.